The number of carbonyl (C=O) groups excluding carboxylic acids is 1. The van der Waals surface area contributed by atoms with Crippen molar-refractivity contribution in [1.82, 2.24) is 15.5 Å². The number of nitrogens with one attached hydrogen (secondary N) is 2. The molecule has 5 nitrogen and oxygen atoms in total. The van der Waals surface area contributed by atoms with Crippen LogP contribution in [0.3, 0.4) is 0 Å². The minimum atomic E-state index is -0.172. The highest BCUT2D eigenvalue weighted by Crippen LogP contribution is 2.04. The van der Waals surface area contributed by atoms with Gasteiger partial charge in [-0.2, -0.15) is 11.8 Å². The molecule has 0 aliphatic carbocycles. The molecule has 0 aromatic carbocycles. The van der Waals surface area contributed by atoms with Gasteiger partial charge in [0, 0.05) is 18.3 Å². The van der Waals surface area contributed by atoms with Gasteiger partial charge in [-0.1, -0.05) is 6.92 Å². The summed E-state index contributed by atoms with van der Waals surface area (Å²) in [5.41, 5.74) is 0.352. The first-order valence-corrected chi connectivity index (χ1v) is 7.29. The molecule has 6 heteroatoms. The van der Waals surface area contributed by atoms with Crippen molar-refractivity contribution in [1.29, 1.82) is 0 Å². The highest BCUT2D eigenvalue weighted by Gasteiger charge is 2.11. The highest BCUT2D eigenvalue weighted by molar-refractivity contribution is 7.99. The van der Waals surface area contributed by atoms with Crippen LogP contribution in [0.25, 0.3) is 0 Å². The van der Waals surface area contributed by atoms with Gasteiger partial charge in [-0.25, -0.2) is 0 Å². The monoisotopic (exact) mass is 268 g/mol. The molecule has 0 saturated carbocycles. The summed E-state index contributed by atoms with van der Waals surface area (Å²) in [4.78, 5) is 11.8. The number of amides is 1. The second-order valence-corrected chi connectivity index (χ2v) is 5.19. The topological polar surface area (TPSA) is 66.9 Å². The fraction of sp³-hybridized carbons (Fsp3) is 0.583. The van der Waals surface area contributed by atoms with Gasteiger partial charge >= 0.3 is 0 Å². The number of nitrogens with zero attached hydrogens (tertiary/aromatic N) is 2. The molecule has 0 fully saturated rings. The maximum atomic E-state index is 11.8. The Kier molecular flexibility index (Phi) is 6.49. The Hall–Kier alpha value is -1.30. The maximum absolute atomic E-state index is 11.8. The quantitative estimate of drug-likeness (QED) is 0.789. The molecule has 2 N–H and O–H groups in total. The number of anilines is 1. The largest absolute Gasteiger partial charge is 0.369 e. The van der Waals surface area contributed by atoms with Crippen LogP contribution in [0.5, 0.6) is 0 Å². The fourth-order valence-corrected chi connectivity index (χ4v) is 2.04. The Balaban J connectivity index is 2.50. The molecule has 1 amide bonds. The van der Waals surface area contributed by atoms with Crippen LogP contribution >= 0.6 is 11.8 Å². The molecule has 1 unspecified atom stereocenters. The molecule has 0 bridgehead atoms. The van der Waals surface area contributed by atoms with Gasteiger partial charge in [0.05, 0.1) is 0 Å². The van der Waals surface area contributed by atoms with Crippen molar-refractivity contribution in [2.24, 2.45) is 0 Å². The molecule has 0 aliphatic rings. The average Bonchev–Trinajstić information content (AvgIpc) is 2.37. The molecule has 1 rings (SSSR count). The third kappa shape index (κ3) is 4.91. The van der Waals surface area contributed by atoms with Gasteiger partial charge in [0.15, 0.2) is 5.69 Å². The van der Waals surface area contributed by atoms with Crippen molar-refractivity contribution in [3.05, 3.63) is 17.8 Å². The highest BCUT2D eigenvalue weighted by atomic mass is 32.2. The Morgan fingerprint density at radius 1 is 1.39 bits per heavy atom. The second-order valence-electron chi connectivity index (χ2n) is 3.87. The van der Waals surface area contributed by atoms with E-state index >= 15 is 0 Å². The first-order valence-electron chi connectivity index (χ1n) is 6.13. The number of aromatic nitrogens is 2. The lowest BCUT2D eigenvalue weighted by Gasteiger charge is -2.12. The maximum Gasteiger partial charge on any atom is 0.272 e. The summed E-state index contributed by atoms with van der Waals surface area (Å²) in [5, 5.41) is 13.8. The zero-order valence-corrected chi connectivity index (χ0v) is 11.9. The molecule has 1 atom stereocenters. The third-order valence-electron chi connectivity index (χ3n) is 2.20. The van der Waals surface area contributed by atoms with Crippen molar-refractivity contribution in [3.63, 3.8) is 0 Å². The number of rotatable bonds is 7. The van der Waals surface area contributed by atoms with Crippen LogP contribution < -0.4 is 10.6 Å². The van der Waals surface area contributed by atoms with E-state index in [-0.39, 0.29) is 11.9 Å². The van der Waals surface area contributed by atoms with Gasteiger partial charge in [-0.05, 0) is 31.7 Å². The number of hydrogen-bond acceptors (Lipinski definition) is 5. The van der Waals surface area contributed by atoms with E-state index in [1.807, 2.05) is 13.8 Å². The molecule has 0 radical (unpaired) electrons. The van der Waals surface area contributed by atoms with Gasteiger partial charge in [-0.15, -0.1) is 10.2 Å². The summed E-state index contributed by atoms with van der Waals surface area (Å²) in [6, 6.07) is 3.58. The normalized spacial score (nSPS) is 11.9. The summed E-state index contributed by atoms with van der Waals surface area (Å²) >= 11 is 1.80. The van der Waals surface area contributed by atoms with Crippen LogP contribution in [0.4, 0.5) is 5.82 Å². The zero-order valence-electron chi connectivity index (χ0n) is 11.1. The van der Waals surface area contributed by atoms with E-state index in [0.717, 1.165) is 18.1 Å². The molecule has 18 heavy (non-hydrogen) atoms. The fourth-order valence-electron chi connectivity index (χ4n) is 1.36. The standard InChI is InChI=1S/C12H20N4OS/c1-4-13-11-7-6-10(15-16-11)12(17)14-9(3)8-18-5-2/h6-7,9H,4-5,8H2,1-3H3,(H,13,16)(H,14,17). The van der Waals surface area contributed by atoms with E-state index in [4.69, 9.17) is 0 Å². The van der Waals surface area contributed by atoms with Crippen LogP contribution in [0.2, 0.25) is 0 Å². The van der Waals surface area contributed by atoms with Crippen molar-refractivity contribution in [3.8, 4) is 0 Å². The predicted octanol–water partition coefficient (Wildman–Crippen LogP) is 1.78. The SMILES string of the molecule is CCNc1ccc(C(=O)NC(C)CSCC)nn1. The van der Waals surface area contributed by atoms with Crippen molar-refractivity contribution in [2.45, 2.75) is 26.8 Å². The minimum absolute atomic E-state index is 0.137. The summed E-state index contributed by atoms with van der Waals surface area (Å²) in [7, 11) is 0. The third-order valence-corrected chi connectivity index (χ3v) is 3.35. The van der Waals surface area contributed by atoms with Crippen LogP contribution in [-0.4, -0.2) is 40.2 Å². The molecular formula is C12H20N4OS. The summed E-state index contributed by atoms with van der Waals surface area (Å²) in [6.07, 6.45) is 0. The number of thioether (sulfide) groups is 1. The van der Waals surface area contributed by atoms with E-state index in [1.165, 1.54) is 0 Å². The van der Waals surface area contributed by atoms with Gasteiger partial charge in [0.25, 0.3) is 5.91 Å². The van der Waals surface area contributed by atoms with Gasteiger partial charge in [-0.3, -0.25) is 4.79 Å². The van der Waals surface area contributed by atoms with Crippen molar-refractivity contribution in [2.75, 3.05) is 23.4 Å². The Morgan fingerprint density at radius 2 is 2.17 bits per heavy atom. The van der Waals surface area contributed by atoms with E-state index in [0.29, 0.717) is 11.5 Å². The molecule has 1 aromatic rings. The van der Waals surface area contributed by atoms with Crippen LogP contribution in [0, 0.1) is 0 Å². The number of hydrogen-bond donors (Lipinski definition) is 2. The van der Waals surface area contributed by atoms with Gasteiger partial charge in [0.2, 0.25) is 0 Å². The minimum Gasteiger partial charge on any atom is -0.369 e. The number of carbonyl (C=O) groups is 1. The molecule has 100 valence electrons. The average molecular weight is 268 g/mol. The van der Waals surface area contributed by atoms with Crippen LogP contribution in [0.15, 0.2) is 12.1 Å². The lowest BCUT2D eigenvalue weighted by molar-refractivity contribution is 0.0938. The molecule has 1 heterocycles. The van der Waals surface area contributed by atoms with E-state index in [2.05, 4.69) is 27.8 Å². The Labute approximate surface area is 112 Å². The smallest absolute Gasteiger partial charge is 0.272 e. The first-order chi connectivity index (χ1) is 8.67. The first kappa shape index (κ1) is 14.8. The predicted molar refractivity (Wildman–Crippen MR) is 76.1 cm³/mol. The zero-order chi connectivity index (χ0) is 13.4. The van der Waals surface area contributed by atoms with E-state index in [9.17, 15) is 4.79 Å². The van der Waals surface area contributed by atoms with Crippen molar-refractivity contribution < 1.29 is 4.79 Å². The molecule has 0 aliphatic heterocycles. The second kappa shape index (κ2) is 7.92. The van der Waals surface area contributed by atoms with Crippen LogP contribution in [-0.2, 0) is 0 Å². The summed E-state index contributed by atoms with van der Waals surface area (Å²) < 4.78 is 0. The van der Waals surface area contributed by atoms with Crippen molar-refractivity contribution >= 4 is 23.5 Å². The molecular weight excluding hydrogens is 248 g/mol. The van der Waals surface area contributed by atoms with Crippen LogP contribution in [0.1, 0.15) is 31.3 Å². The Bertz CT molecular complexity index is 369. The van der Waals surface area contributed by atoms with Gasteiger partial charge in [0.1, 0.15) is 5.82 Å². The van der Waals surface area contributed by atoms with Gasteiger partial charge < -0.3 is 10.6 Å². The molecule has 0 spiro atoms. The van der Waals surface area contributed by atoms with E-state index in [1.54, 1.807) is 23.9 Å². The summed E-state index contributed by atoms with van der Waals surface area (Å²) in [5.74, 6) is 2.47. The molecule has 1 aromatic heterocycles. The lowest BCUT2D eigenvalue weighted by atomic mass is 10.3. The lowest BCUT2D eigenvalue weighted by Crippen LogP contribution is -2.34. The van der Waals surface area contributed by atoms with E-state index < -0.39 is 0 Å². The Morgan fingerprint density at radius 3 is 2.72 bits per heavy atom. The molecule has 0 saturated heterocycles. The summed E-state index contributed by atoms with van der Waals surface area (Å²) in [6.45, 7) is 6.85.